The molecule has 25 heavy (non-hydrogen) atoms. The van der Waals surface area contributed by atoms with E-state index in [2.05, 4.69) is 41.2 Å². The van der Waals surface area contributed by atoms with E-state index in [0.29, 0.717) is 12.1 Å². The number of rotatable bonds is 9. The van der Waals surface area contributed by atoms with Gasteiger partial charge in [-0.3, -0.25) is 9.59 Å². The van der Waals surface area contributed by atoms with Gasteiger partial charge in [0.25, 0.3) is 5.91 Å². The number of amides is 2. The second-order valence-corrected chi connectivity index (χ2v) is 6.52. The molecule has 0 aliphatic carbocycles. The lowest BCUT2D eigenvalue weighted by Crippen LogP contribution is -2.27. The summed E-state index contributed by atoms with van der Waals surface area (Å²) < 4.78 is 0. The van der Waals surface area contributed by atoms with Crippen molar-refractivity contribution in [1.29, 1.82) is 0 Å². The van der Waals surface area contributed by atoms with E-state index in [4.69, 9.17) is 5.73 Å². The van der Waals surface area contributed by atoms with Crippen molar-refractivity contribution in [2.75, 3.05) is 18.1 Å². The first-order chi connectivity index (χ1) is 12.1. The highest BCUT2D eigenvalue weighted by molar-refractivity contribution is 7.97. The van der Waals surface area contributed by atoms with Crippen LogP contribution >= 0.6 is 11.8 Å². The summed E-state index contributed by atoms with van der Waals surface area (Å²) in [6.45, 7) is 0.931. The molecule has 0 aromatic heterocycles. The van der Waals surface area contributed by atoms with Gasteiger partial charge in [-0.1, -0.05) is 30.3 Å². The number of hydrogen-bond donors (Lipinski definition) is 3. The van der Waals surface area contributed by atoms with Crippen molar-refractivity contribution in [3.05, 3.63) is 65.2 Å². The van der Waals surface area contributed by atoms with Gasteiger partial charge in [0.1, 0.15) is 0 Å². The summed E-state index contributed by atoms with van der Waals surface area (Å²) in [5.41, 5.74) is 8.97. The number of anilines is 1. The van der Waals surface area contributed by atoms with Crippen molar-refractivity contribution < 1.29 is 9.59 Å². The van der Waals surface area contributed by atoms with Crippen molar-refractivity contribution in [2.24, 2.45) is 5.73 Å². The Hall–Kier alpha value is -2.47. The minimum Gasteiger partial charge on any atom is -0.381 e. The topological polar surface area (TPSA) is 84.2 Å². The molecule has 2 aromatic carbocycles. The predicted molar refractivity (Wildman–Crippen MR) is 104 cm³/mol. The molecular formula is C19H23N3O2S. The molecule has 0 unspecified atom stereocenters. The van der Waals surface area contributed by atoms with Crippen LogP contribution in [-0.2, 0) is 17.1 Å². The molecule has 0 saturated heterocycles. The first-order valence-electron chi connectivity index (χ1n) is 8.05. The summed E-state index contributed by atoms with van der Waals surface area (Å²) in [6, 6.07) is 15.8. The Kier molecular flexibility index (Phi) is 7.35. The summed E-state index contributed by atoms with van der Waals surface area (Å²) in [5.74, 6) is 0.367. The largest absolute Gasteiger partial charge is 0.381 e. The van der Waals surface area contributed by atoms with Gasteiger partial charge in [-0.05, 0) is 35.6 Å². The fraction of sp³-hybridized carbons (Fsp3) is 0.263. The lowest BCUT2D eigenvalue weighted by atomic mass is 10.1. The van der Waals surface area contributed by atoms with E-state index in [9.17, 15) is 9.59 Å². The van der Waals surface area contributed by atoms with Gasteiger partial charge in [-0.2, -0.15) is 11.8 Å². The third-order valence-corrected chi connectivity index (χ3v) is 4.23. The molecule has 0 bridgehead atoms. The molecule has 0 aliphatic rings. The molecule has 2 amide bonds. The van der Waals surface area contributed by atoms with Crippen molar-refractivity contribution in [1.82, 2.24) is 5.32 Å². The van der Waals surface area contributed by atoms with E-state index in [1.165, 1.54) is 11.1 Å². The molecule has 132 valence electrons. The van der Waals surface area contributed by atoms with Gasteiger partial charge in [0.15, 0.2) is 0 Å². The molecule has 0 atom stereocenters. The first kappa shape index (κ1) is 18.9. The molecule has 4 N–H and O–H groups in total. The third-order valence-electron chi connectivity index (χ3n) is 3.61. The van der Waals surface area contributed by atoms with E-state index in [0.717, 1.165) is 11.4 Å². The minimum atomic E-state index is -0.431. The molecule has 6 heteroatoms. The highest BCUT2D eigenvalue weighted by Gasteiger charge is 2.06. The van der Waals surface area contributed by atoms with Crippen molar-refractivity contribution >= 4 is 29.3 Å². The number of benzene rings is 2. The molecule has 2 rings (SSSR count). The highest BCUT2D eigenvalue weighted by Crippen LogP contribution is 2.14. The van der Waals surface area contributed by atoms with E-state index >= 15 is 0 Å². The molecule has 5 nitrogen and oxygen atoms in total. The van der Waals surface area contributed by atoms with Crippen molar-refractivity contribution in [3.8, 4) is 0 Å². The number of hydrogen-bond acceptors (Lipinski definition) is 4. The average molecular weight is 357 g/mol. The Morgan fingerprint density at radius 2 is 1.80 bits per heavy atom. The van der Waals surface area contributed by atoms with Crippen molar-refractivity contribution in [3.63, 3.8) is 0 Å². The molecule has 0 saturated carbocycles. The number of nitrogens with one attached hydrogen (secondary N) is 2. The quantitative estimate of drug-likeness (QED) is 0.644. The Balaban J connectivity index is 1.90. The smallest absolute Gasteiger partial charge is 0.251 e. The fourth-order valence-corrected chi connectivity index (χ4v) is 2.82. The van der Waals surface area contributed by atoms with Crippen LogP contribution in [0.15, 0.2) is 48.5 Å². The standard InChI is InChI=1S/C19H23N3O2S/c1-25-13-15-7-5-14(6-8-15)12-22-17-4-2-3-16(11-17)19(24)21-10-9-18(20)23/h2-8,11,22H,9-10,12-13H2,1H3,(H2,20,23)(H,21,24). The number of thioether (sulfide) groups is 1. The molecule has 0 spiro atoms. The Morgan fingerprint density at radius 3 is 2.48 bits per heavy atom. The van der Waals surface area contributed by atoms with Gasteiger partial charge in [-0.25, -0.2) is 0 Å². The summed E-state index contributed by atoms with van der Waals surface area (Å²) in [7, 11) is 0. The molecule has 0 fully saturated rings. The summed E-state index contributed by atoms with van der Waals surface area (Å²) in [5, 5.41) is 6.00. The molecule has 0 aliphatic heterocycles. The maximum Gasteiger partial charge on any atom is 0.251 e. The maximum atomic E-state index is 12.1. The Morgan fingerprint density at radius 1 is 1.08 bits per heavy atom. The highest BCUT2D eigenvalue weighted by atomic mass is 32.2. The van der Waals surface area contributed by atoms with Gasteiger partial charge in [0.2, 0.25) is 5.91 Å². The number of carbonyl (C=O) groups is 2. The normalized spacial score (nSPS) is 10.3. The lowest BCUT2D eigenvalue weighted by molar-refractivity contribution is -0.117. The van der Waals surface area contributed by atoms with Crippen LogP contribution in [0, 0.1) is 0 Å². The zero-order valence-corrected chi connectivity index (χ0v) is 15.1. The van der Waals surface area contributed by atoms with Gasteiger partial charge in [0, 0.05) is 36.5 Å². The first-order valence-corrected chi connectivity index (χ1v) is 9.45. The second-order valence-electron chi connectivity index (χ2n) is 5.66. The third kappa shape index (κ3) is 6.51. The Bertz CT molecular complexity index is 717. The average Bonchev–Trinajstić information content (AvgIpc) is 2.61. The van der Waals surface area contributed by atoms with Crippen LogP contribution < -0.4 is 16.4 Å². The maximum absolute atomic E-state index is 12.1. The van der Waals surface area contributed by atoms with Crippen LogP contribution in [0.2, 0.25) is 0 Å². The van der Waals surface area contributed by atoms with E-state index < -0.39 is 5.91 Å². The van der Waals surface area contributed by atoms with E-state index in [1.807, 2.05) is 12.1 Å². The van der Waals surface area contributed by atoms with Gasteiger partial charge in [-0.15, -0.1) is 0 Å². The minimum absolute atomic E-state index is 0.135. The monoisotopic (exact) mass is 357 g/mol. The zero-order valence-electron chi connectivity index (χ0n) is 14.2. The lowest BCUT2D eigenvalue weighted by Gasteiger charge is -2.09. The molecular weight excluding hydrogens is 334 g/mol. The fourth-order valence-electron chi connectivity index (χ4n) is 2.30. The van der Waals surface area contributed by atoms with E-state index in [1.54, 1.807) is 23.9 Å². The Labute approximate surface area is 152 Å². The van der Waals surface area contributed by atoms with Crippen LogP contribution in [-0.4, -0.2) is 24.6 Å². The predicted octanol–water partition coefficient (Wildman–Crippen LogP) is 2.77. The van der Waals surface area contributed by atoms with Crippen LogP contribution in [0.25, 0.3) is 0 Å². The van der Waals surface area contributed by atoms with E-state index in [-0.39, 0.29) is 18.9 Å². The van der Waals surface area contributed by atoms with Gasteiger partial charge in [0.05, 0.1) is 0 Å². The number of carbonyl (C=O) groups excluding carboxylic acids is 2. The van der Waals surface area contributed by atoms with Crippen LogP contribution in [0.3, 0.4) is 0 Å². The summed E-state index contributed by atoms with van der Waals surface area (Å²) in [6.07, 6.45) is 2.22. The van der Waals surface area contributed by atoms with Crippen LogP contribution in [0.1, 0.15) is 27.9 Å². The molecule has 2 aromatic rings. The van der Waals surface area contributed by atoms with Crippen LogP contribution in [0.4, 0.5) is 5.69 Å². The summed E-state index contributed by atoms with van der Waals surface area (Å²) in [4.78, 5) is 22.8. The molecule has 0 radical (unpaired) electrons. The SMILES string of the molecule is CSCc1ccc(CNc2cccc(C(=O)NCCC(N)=O)c2)cc1. The van der Waals surface area contributed by atoms with Crippen LogP contribution in [0.5, 0.6) is 0 Å². The second kappa shape index (κ2) is 9.74. The molecule has 0 heterocycles. The summed E-state index contributed by atoms with van der Waals surface area (Å²) >= 11 is 1.80. The zero-order chi connectivity index (χ0) is 18.1. The number of nitrogens with two attached hydrogens (primary N) is 1. The number of primary amides is 1. The van der Waals surface area contributed by atoms with Gasteiger partial charge < -0.3 is 16.4 Å². The van der Waals surface area contributed by atoms with Crippen molar-refractivity contribution in [2.45, 2.75) is 18.7 Å². The van der Waals surface area contributed by atoms with Gasteiger partial charge >= 0.3 is 0 Å².